The van der Waals surface area contributed by atoms with Crippen molar-refractivity contribution in [1.82, 2.24) is 0 Å². The SMILES string of the molecule is CCC(=O)C(=O)OCCC[N+](C)(C)C.[Cl-]. The predicted octanol–water partition coefficient (Wildman–Crippen LogP) is -2.39. The number of Topliss-reactive ketones (excluding diaryl/α,β-unsaturated/α-hetero) is 1. The number of carbonyl (C=O) groups is 2. The molecule has 0 N–H and O–H groups in total. The molecule has 5 heteroatoms. The van der Waals surface area contributed by atoms with Crippen LogP contribution in [0.3, 0.4) is 0 Å². The third-order valence-corrected chi connectivity index (χ3v) is 1.76. The van der Waals surface area contributed by atoms with Gasteiger partial charge in [-0.1, -0.05) is 6.92 Å². The van der Waals surface area contributed by atoms with Gasteiger partial charge in [0.1, 0.15) is 0 Å². The van der Waals surface area contributed by atoms with E-state index in [1.807, 2.05) is 0 Å². The van der Waals surface area contributed by atoms with Crippen LogP contribution in [0.25, 0.3) is 0 Å². The van der Waals surface area contributed by atoms with Gasteiger partial charge in [-0.15, -0.1) is 0 Å². The van der Waals surface area contributed by atoms with Crippen molar-refractivity contribution < 1.29 is 31.2 Å². The first-order valence-corrected chi connectivity index (χ1v) is 4.87. The molecule has 0 spiro atoms. The molecule has 0 amide bonds. The minimum atomic E-state index is -0.700. The number of quaternary nitrogens is 1. The van der Waals surface area contributed by atoms with Gasteiger partial charge in [0.2, 0.25) is 5.78 Å². The largest absolute Gasteiger partial charge is 1.00 e. The van der Waals surface area contributed by atoms with Gasteiger partial charge in [0.25, 0.3) is 0 Å². The Labute approximate surface area is 97.6 Å². The molecule has 0 aliphatic heterocycles. The monoisotopic (exact) mass is 237 g/mol. The van der Waals surface area contributed by atoms with Crippen LogP contribution in [-0.2, 0) is 14.3 Å². The van der Waals surface area contributed by atoms with Crippen LogP contribution in [0.15, 0.2) is 0 Å². The Hall–Kier alpha value is -0.610. The van der Waals surface area contributed by atoms with Crippen LogP contribution in [0.5, 0.6) is 0 Å². The molecule has 0 bridgehead atoms. The first kappa shape index (κ1) is 16.8. The van der Waals surface area contributed by atoms with Gasteiger partial charge < -0.3 is 21.6 Å². The summed E-state index contributed by atoms with van der Waals surface area (Å²) in [7, 11) is 6.21. The molecule has 0 aromatic rings. The zero-order valence-corrected chi connectivity index (χ0v) is 10.6. The Kier molecular flexibility index (Phi) is 8.57. The number of ether oxygens (including phenoxy) is 1. The average Bonchev–Trinajstić information content (AvgIpc) is 2.09. The van der Waals surface area contributed by atoms with Crippen molar-refractivity contribution in [2.75, 3.05) is 34.3 Å². The van der Waals surface area contributed by atoms with Crippen LogP contribution in [0.2, 0.25) is 0 Å². The van der Waals surface area contributed by atoms with Crippen LogP contribution in [0, 0.1) is 0 Å². The van der Waals surface area contributed by atoms with E-state index < -0.39 is 11.8 Å². The summed E-state index contributed by atoms with van der Waals surface area (Å²) in [4.78, 5) is 21.7. The predicted molar refractivity (Wildman–Crippen MR) is 53.8 cm³/mol. The van der Waals surface area contributed by atoms with E-state index in [1.54, 1.807) is 6.92 Å². The number of nitrogens with zero attached hydrogens (tertiary/aromatic N) is 1. The lowest BCUT2D eigenvalue weighted by molar-refractivity contribution is -0.870. The van der Waals surface area contributed by atoms with E-state index in [2.05, 4.69) is 21.1 Å². The molecule has 0 fully saturated rings. The molecule has 15 heavy (non-hydrogen) atoms. The highest BCUT2D eigenvalue weighted by atomic mass is 35.5. The van der Waals surface area contributed by atoms with Gasteiger partial charge in [0, 0.05) is 12.8 Å². The summed E-state index contributed by atoms with van der Waals surface area (Å²) in [5.74, 6) is -1.15. The van der Waals surface area contributed by atoms with Crippen LogP contribution in [0.1, 0.15) is 19.8 Å². The maximum Gasteiger partial charge on any atom is 0.374 e. The second kappa shape index (κ2) is 7.65. The number of hydrogen-bond acceptors (Lipinski definition) is 3. The van der Waals surface area contributed by atoms with E-state index in [-0.39, 0.29) is 18.8 Å². The fraction of sp³-hybridized carbons (Fsp3) is 0.800. The summed E-state index contributed by atoms with van der Waals surface area (Å²) >= 11 is 0. The number of ketones is 1. The first-order chi connectivity index (χ1) is 6.37. The average molecular weight is 238 g/mol. The number of carbonyl (C=O) groups excluding carboxylic acids is 2. The third-order valence-electron chi connectivity index (χ3n) is 1.76. The summed E-state index contributed by atoms with van der Waals surface area (Å²) in [6, 6.07) is 0. The minimum absolute atomic E-state index is 0. The van der Waals surface area contributed by atoms with E-state index in [4.69, 9.17) is 4.74 Å². The van der Waals surface area contributed by atoms with Crippen molar-refractivity contribution in [2.24, 2.45) is 0 Å². The van der Waals surface area contributed by atoms with Crippen molar-refractivity contribution in [3.05, 3.63) is 0 Å². The molecule has 0 saturated heterocycles. The number of halogens is 1. The van der Waals surface area contributed by atoms with Crippen molar-refractivity contribution in [2.45, 2.75) is 19.8 Å². The van der Waals surface area contributed by atoms with Crippen molar-refractivity contribution in [1.29, 1.82) is 0 Å². The molecule has 0 unspecified atom stereocenters. The molecule has 0 aromatic carbocycles. The van der Waals surface area contributed by atoms with Gasteiger partial charge in [-0.05, 0) is 0 Å². The van der Waals surface area contributed by atoms with Gasteiger partial charge in [-0.25, -0.2) is 4.79 Å². The van der Waals surface area contributed by atoms with Crippen molar-refractivity contribution in [3.8, 4) is 0 Å². The molecule has 90 valence electrons. The molecule has 4 nitrogen and oxygen atoms in total. The molecule has 0 aromatic heterocycles. The zero-order valence-electron chi connectivity index (χ0n) is 9.88. The lowest BCUT2D eigenvalue weighted by Gasteiger charge is -2.23. The molecule has 0 aliphatic rings. The minimum Gasteiger partial charge on any atom is -1.00 e. The molecule has 0 saturated carbocycles. The second-order valence-electron chi connectivity index (χ2n) is 4.28. The van der Waals surface area contributed by atoms with Crippen molar-refractivity contribution >= 4 is 11.8 Å². The molecule has 0 radical (unpaired) electrons. The van der Waals surface area contributed by atoms with E-state index in [1.165, 1.54) is 0 Å². The Morgan fingerprint density at radius 2 is 1.73 bits per heavy atom. The smallest absolute Gasteiger partial charge is 0.374 e. The lowest BCUT2D eigenvalue weighted by atomic mass is 10.3. The van der Waals surface area contributed by atoms with E-state index in [0.717, 1.165) is 17.4 Å². The molecule has 0 atom stereocenters. The van der Waals surface area contributed by atoms with Crippen LogP contribution >= 0.6 is 0 Å². The van der Waals surface area contributed by atoms with Gasteiger partial charge in [0.15, 0.2) is 0 Å². The maximum absolute atomic E-state index is 10.9. The zero-order chi connectivity index (χ0) is 11.2. The fourth-order valence-electron chi connectivity index (χ4n) is 0.929. The standard InChI is InChI=1S/C10H20NO3.ClH/c1-5-9(12)10(13)14-8-6-7-11(2,3)4;/h5-8H2,1-4H3;1H/q+1;/p-1. The topological polar surface area (TPSA) is 43.4 Å². The summed E-state index contributed by atoms with van der Waals surface area (Å²) in [6.45, 7) is 2.91. The molecule has 0 aliphatic carbocycles. The molecular formula is C10H20ClNO3. The summed E-state index contributed by atoms with van der Waals surface area (Å²) in [5.41, 5.74) is 0. The second-order valence-corrected chi connectivity index (χ2v) is 4.28. The molecular weight excluding hydrogens is 218 g/mol. The molecule has 0 rings (SSSR count). The number of rotatable bonds is 6. The Bertz CT molecular complexity index is 211. The van der Waals surface area contributed by atoms with Crippen LogP contribution < -0.4 is 12.4 Å². The van der Waals surface area contributed by atoms with Gasteiger partial charge >= 0.3 is 5.97 Å². The Morgan fingerprint density at radius 1 is 1.20 bits per heavy atom. The summed E-state index contributed by atoms with van der Waals surface area (Å²) in [6.07, 6.45) is 1.00. The highest BCUT2D eigenvalue weighted by molar-refractivity contribution is 6.33. The normalized spacial score (nSPS) is 10.4. The number of esters is 1. The van der Waals surface area contributed by atoms with Gasteiger partial charge in [-0.2, -0.15) is 0 Å². The number of hydrogen-bond donors (Lipinski definition) is 0. The van der Waals surface area contributed by atoms with Gasteiger partial charge in [0.05, 0.1) is 34.3 Å². The van der Waals surface area contributed by atoms with Crippen molar-refractivity contribution in [3.63, 3.8) is 0 Å². The van der Waals surface area contributed by atoms with Gasteiger partial charge in [-0.3, -0.25) is 4.79 Å². The maximum atomic E-state index is 10.9. The summed E-state index contributed by atoms with van der Waals surface area (Å²) < 4.78 is 5.62. The summed E-state index contributed by atoms with van der Waals surface area (Å²) in [5, 5.41) is 0. The van der Waals surface area contributed by atoms with E-state index in [0.29, 0.717) is 6.61 Å². The Balaban J connectivity index is 0. The highest BCUT2D eigenvalue weighted by Gasteiger charge is 2.13. The van der Waals surface area contributed by atoms with E-state index in [9.17, 15) is 9.59 Å². The lowest BCUT2D eigenvalue weighted by Crippen LogP contribution is -3.00. The third kappa shape index (κ3) is 9.69. The van der Waals surface area contributed by atoms with Crippen LogP contribution in [0.4, 0.5) is 0 Å². The first-order valence-electron chi connectivity index (χ1n) is 4.87. The quantitative estimate of drug-likeness (QED) is 0.224. The Morgan fingerprint density at radius 3 is 2.13 bits per heavy atom. The van der Waals surface area contributed by atoms with Crippen LogP contribution in [-0.4, -0.2) is 50.5 Å². The molecule has 0 heterocycles. The fourth-order valence-corrected chi connectivity index (χ4v) is 0.929. The van der Waals surface area contributed by atoms with E-state index >= 15 is 0 Å². The highest BCUT2D eigenvalue weighted by Crippen LogP contribution is 1.95.